The first kappa shape index (κ1) is 22.5. The molecule has 5 aliphatic rings. The SMILES string of the molecule is N#Cc1ccc(Cn2cncc2CN[C@@H]2CCN(C(=O)CC34CC5CC(CC(C5)C3)C4)C2=O)cc1. The van der Waals surface area contributed by atoms with Gasteiger partial charge in [0.2, 0.25) is 11.8 Å². The van der Waals surface area contributed by atoms with Crippen LogP contribution in [0.15, 0.2) is 36.8 Å². The lowest BCUT2D eigenvalue weighted by atomic mass is 9.49. The maximum Gasteiger partial charge on any atom is 0.246 e. The number of hydrogen-bond donors (Lipinski definition) is 1. The first-order valence-corrected chi connectivity index (χ1v) is 13.1. The molecule has 7 heteroatoms. The lowest BCUT2D eigenvalue weighted by Gasteiger charge is -2.56. The molecule has 35 heavy (non-hydrogen) atoms. The molecule has 2 amide bonds. The van der Waals surface area contributed by atoms with Crippen LogP contribution in [0.2, 0.25) is 0 Å². The molecule has 4 saturated carbocycles. The van der Waals surface area contributed by atoms with Gasteiger partial charge in [0.15, 0.2) is 0 Å². The van der Waals surface area contributed by atoms with Crippen LogP contribution in [0.25, 0.3) is 0 Å². The molecule has 1 N–H and O–H groups in total. The average molecular weight is 472 g/mol. The van der Waals surface area contributed by atoms with E-state index >= 15 is 0 Å². The van der Waals surface area contributed by atoms with Crippen molar-refractivity contribution in [2.75, 3.05) is 6.54 Å². The van der Waals surface area contributed by atoms with Gasteiger partial charge in [-0.3, -0.25) is 14.5 Å². The van der Waals surface area contributed by atoms with E-state index in [0.717, 1.165) is 29.0 Å². The number of imide groups is 1. The smallest absolute Gasteiger partial charge is 0.246 e. The third-order valence-electron chi connectivity index (χ3n) is 8.96. The topological polar surface area (TPSA) is 91.0 Å². The van der Waals surface area contributed by atoms with Crippen LogP contribution in [0.5, 0.6) is 0 Å². The number of imidazole rings is 1. The number of aromatic nitrogens is 2. The van der Waals surface area contributed by atoms with Gasteiger partial charge in [-0.2, -0.15) is 5.26 Å². The third-order valence-corrected chi connectivity index (χ3v) is 8.96. The van der Waals surface area contributed by atoms with Crippen molar-refractivity contribution in [3.8, 4) is 6.07 Å². The number of hydrogen-bond acceptors (Lipinski definition) is 5. The number of amides is 2. The van der Waals surface area contributed by atoms with Crippen molar-refractivity contribution < 1.29 is 9.59 Å². The fraction of sp³-hybridized carbons (Fsp3) is 0.571. The Balaban J connectivity index is 1.04. The molecule has 182 valence electrons. The summed E-state index contributed by atoms with van der Waals surface area (Å²) in [5.74, 6) is 2.41. The molecule has 1 atom stereocenters. The van der Waals surface area contributed by atoms with Gasteiger partial charge in [-0.15, -0.1) is 0 Å². The van der Waals surface area contributed by atoms with Crippen LogP contribution in [0, 0.1) is 34.5 Å². The third kappa shape index (κ3) is 4.40. The summed E-state index contributed by atoms with van der Waals surface area (Å²) in [4.78, 5) is 32.2. The molecule has 1 saturated heterocycles. The summed E-state index contributed by atoms with van der Waals surface area (Å²) >= 11 is 0. The van der Waals surface area contributed by atoms with Gasteiger partial charge < -0.3 is 9.88 Å². The van der Waals surface area contributed by atoms with Crippen LogP contribution in [-0.2, 0) is 22.7 Å². The van der Waals surface area contributed by atoms with Crippen molar-refractivity contribution in [2.24, 2.45) is 23.2 Å². The molecule has 7 nitrogen and oxygen atoms in total. The van der Waals surface area contributed by atoms with Crippen LogP contribution in [0.4, 0.5) is 0 Å². The fourth-order valence-corrected chi connectivity index (χ4v) is 7.79. The average Bonchev–Trinajstić information content (AvgIpc) is 3.42. The van der Waals surface area contributed by atoms with Crippen molar-refractivity contribution in [2.45, 2.75) is 70.5 Å². The maximum atomic E-state index is 13.3. The summed E-state index contributed by atoms with van der Waals surface area (Å²) in [5, 5.41) is 12.4. The van der Waals surface area contributed by atoms with E-state index in [4.69, 9.17) is 5.26 Å². The molecule has 0 radical (unpaired) electrons. The van der Waals surface area contributed by atoms with Gasteiger partial charge in [0.05, 0.1) is 29.7 Å². The zero-order valence-electron chi connectivity index (χ0n) is 20.2. The number of nitrogens with zero attached hydrogens (tertiary/aromatic N) is 4. The predicted molar refractivity (Wildman–Crippen MR) is 130 cm³/mol. The summed E-state index contributed by atoms with van der Waals surface area (Å²) in [6.07, 6.45) is 12.5. The first-order chi connectivity index (χ1) is 17.0. The molecule has 1 aliphatic heterocycles. The highest BCUT2D eigenvalue weighted by Crippen LogP contribution is 2.61. The van der Waals surface area contributed by atoms with Gasteiger partial charge in [-0.1, -0.05) is 12.1 Å². The number of nitriles is 1. The summed E-state index contributed by atoms with van der Waals surface area (Å²) in [6.45, 7) is 1.69. The number of rotatable bonds is 7. The quantitative estimate of drug-likeness (QED) is 0.666. The monoisotopic (exact) mass is 471 g/mol. The fourth-order valence-electron chi connectivity index (χ4n) is 7.79. The van der Waals surface area contributed by atoms with Crippen molar-refractivity contribution in [3.63, 3.8) is 0 Å². The van der Waals surface area contributed by atoms with Crippen molar-refractivity contribution >= 4 is 11.8 Å². The van der Waals surface area contributed by atoms with Gasteiger partial charge in [-0.25, -0.2) is 4.98 Å². The lowest BCUT2D eigenvalue weighted by molar-refractivity contribution is -0.147. The maximum absolute atomic E-state index is 13.3. The number of carbonyl (C=O) groups is 2. The molecular weight excluding hydrogens is 438 g/mol. The molecule has 0 spiro atoms. The van der Waals surface area contributed by atoms with Crippen molar-refractivity contribution in [1.82, 2.24) is 19.8 Å². The van der Waals surface area contributed by atoms with Crippen LogP contribution in [0.1, 0.15) is 68.2 Å². The number of likely N-dealkylation sites (tertiary alicyclic amines) is 1. The molecule has 0 unspecified atom stereocenters. The molecule has 2 heterocycles. The Bertz CT molecular complexity index is 1130. The van der Waals surface area contributed by atoms with E-state index in [0.29, 0.717) is 38.0 Å². The minimum Gasteiger partial charge on any atom is -0.329 e. The minimum absolute atomic E-state index is 0.0482. The second kappa shape index (κ2) is 8.91. The van der Waals surface area contributed by atoms with Gasteiger partial charge in [-0.05, 0) is 85.8 Å². The molecule has 4 aliphatic carbocycles. The van der Waals surface area contributed by atoms with Gasteiger partial charge in [0.25, 0.3) is 0 Å². The highest BCUT2D eigenvalue weighted by atomic mass is 16.2. The van der Waals surface area contributed by atoms with E-state index in [1.807, 2.05) is 35.0 Å². The molecule has 2 aromatic rings. The van der Waals surface area contributed by atoms with Crippen LogP contribution in [-0.4, -0.2) is 38.9 Å². The standard InChI is InChI=1S/C28H33N5O2/c29-14-19-1-3-20(4-2-19)17-32-18-30-15-24(32)16-31-25-5-6-33(27(25)35)26(34)13-28-10-21-7-22(11-28)9-23(8-21)12-28/h1-4,15,18,21-23,25,31H,5-13,16-17H2/t21?,22?,23?,25-,28?/m1/s1. The molecular formula is C28H33N5O2. The Morgan fingerprint density at radius 3 is 2.46 bits per heavy atom. The number of carbonyl (C=O) groups excluding carboxylic acids is 2. The highest BCUT2D eigenvalue weighted by Gasteiger charge is 2.52. The number of nitrogens with one attached hydrogen (secondary N) is 1. The van der Waals surface area contributed by atoms with E-state index in [1.54, 1.807) is 6.33 Å². The van der Waals surface area contributed by atoms with Gasteiger partial charge in [0, 0.05) is 32.3 Å². The Morgan fingerprint density at radius 1 is 1.11 bits per heavy atom. The molecule has 4 bridgehead atoms. The molecule has 7 rings (SSSR count). The van der Waals surface area contributed by atoms with Gasteiger partial charge in [0.1, 0.15) is 0 Å². The van der Waals surface area contributed by atoms with E-state index in [2.05, 4.69) is 16.4 Å². The second-order valence-electron chi connectivity index (χ2n) is 11.5. The summed E-state index contributed by atoms with van der Waals surface area (Å²) < 4.78 is 2.05. The summed E-state index contributed by atoms with van der Waals surface area (Å²) in [6, 6.07) is 9.34. The van der Waals surface area contributed by atoms with Crippen molar-refractivity contribution in [1.29, 1.82) is 5.26 Å². The normalized spacial score (nSPS) is 31.2. The van der Waals surface area contributed by atoms with E-state index < -0.39 is 0 Å². The molecule has 1 aromatic carbocycles. The lowest BCUT2D eigenvalue weighted by Crippen LogP contribution is -2.49. The molecule has 1 aromatic heterocycles. The second-order valence-corrected chi connectivity index (χ2v) is 11.5. The van der Waals surface area contributed by atoms with E-state index in [9.17, 15) is 9.59 Å². The zero-order valence-corrected chi connectivity index (χ0v) is 20.2. The number of benzene rings is 1. The summed E-state index contributed by atoms with van der Waals surface area (Å²) in [5.41, 5.74) is 2.88. The highest BCUT2D eigenvalue weighted by molar-refractivity contribution is 5.99. The summed E-state index contributed by atoms with van der Waals surface area (Å²) in [7, 11) is 0. The zero-order chi connectivity index (χ0) is 24.0. The Labute approximate surface area is 206 Å². The van der Waals surface area contributed by atoms with E-state index in [-0.39, 0.29) is 23.3 Å². The van der Waals surface area contributed by atoms with Crippen LogP contribution in [0.3, 0.4) is 0 Å². The van der Waals surface area contributed by atoms with Gasteiger partial charge >= 0.3 is 0 Å². The Hall–Kier alpha value is -2.98. The largest absolute Gasteiger partial charge is 0.329 e. The van der Waals surface area contributed by atoms with Crippen LogP contribution < -0.4 is 5.32 Å². The Kier molecular flexibility index (Phi) is 5.72. The molecule has 5 fully saturated rings. The minimum atomic E-state index is -0.325. The van der Waals surface area contributed by atoms with Crippen LogP contribution >= 0.6 is 0 Å². The Morgan fingerprint density at radius 2 is 1.80 bits per heavy atom. The first-order valence-electron chi connectivity index (χ1n) is 13.1. The van der Waals surface area contributed by atoms with Crippen molar-refractivity contribution in [3.05, 3.63) is 53.6 Å². The predicted octanol–water partition coefficient (Wildman–Crippen LogP) is 3.63. The van der Waals surface area contributed by atoms with E-state index in [1.165, 1.54) is 43.4 Å².